The van der Waals surface area contributed by atoms with E-state index in [2.05, 4.69) is 36.0 Å². The summed E-state index contributed by atoms with van der Waals surface area (Å²) in [5, 5.41) is 18.5. The minimum atomic E-state index is -0.418. The molecule has 3 rings (SSSR count). The van der Waals surface area contributed by atoms with Crippen molar-refractivity contribution in [2.45, 2.75) is 26.2 Å². The van der Waals surface area contributed by atoms with Gasteiger partial charge in [-0.3, -0.25) is 15.2 Å². The molecule has 0 radical (unpaired) electrons. The number of nitrogens with two attached hydrogens (primary N) is 1. The zero-order chi connectivity index (χ0) is 16.8. The van der Waals surface area contributed by atoms with Gasteiger partial charge in [0.2, 0.25) is 0 Å². The second-order valence-corrected chi connectivity index (χ2v) is 6.44. The molecule has 0 bridgehead atoms. The summed E-state index contributed by atoms with van der Waals surface area (Å²) in [6.07, 6.45) is 0. The number of rotatable bonds is 2. The van der Waals surface area contributed by atoms with Gasteiger partial charge in [0.15, 0.2) is 5.65 Å². The Morgan fingerprint density at radius 1 is 1.22 bits per heavy atom. The molecule has 0 saturated heterocycles. The molecule has 0 saturated carbocycles. The summed E-state index contributed by atoms with van der Waals surface area (Å²) in [6.45, 7) is 6.20. The quantitative estimate of drug-likeness (QED) is 0.556. The minimum Gasteiger partial charge on any atom is -0.383 e. The number of pyridine rings is 1. The van der Waals surface area contributed by atoms with Crippen LogP contribution in [0.3, 0.4) is 0 Å². The Bertz CT molecular complexity index is 891. The largest absolute Gasteiger partial charge is 0.383 e. The Labute approximate surface area is 132 Å². The van der Waals surface area contributed by atoms with Crippen molar-refractivity contribution in [1.29, 1.82) is 0 Å². The van der Waals surface area contributed by atoms with Gasteiger partial charge in [0.05, 0.1) is 10.3 Å². The molecule has 3 aromatic rings. The number of nitrogens with one attached hydrogen (secondary N) is 1. The predicted molar refractivity (Wildman–Crippen MR) is 89.1 cm³/mol. The van der Waals surface area contributed by atoms with Crippen molar-refractivity contribution in [2.24, 2.45) is 0 Å². The molecule has 118 valence electrons. The maximum atomic E-state index is 10.8. The van der Waals surface area contributed by atoms with Crippen molar-refractivity contribution < 1.29 is 4.92 Å². The van der Waals surface area contributed by atoms with Crippen LogP contribution in [0, 0.1) is 10.1 Å². The van der Waals surface area contributed by atoms with E-state index >= 15 is 0 Å². The molecular formula is C16H17N5O2. The lowest BCUT2D eigenvalue weighted by atomic mass is 9.89. The van der Waals surface area contributed by atoms with E-state index in [1.165, 1.54) is 12.1 Å². The number of hydrogen-bond donors (Lipinski definition) is 2. The number of aromatic amines is 1. The van der Waals surface area contributed by atoms with Crippen LogP contribution < -0.4 is 5.73 Å². The lowest BCUT2D eigenvalue weighted by Gasteiger charge is -2.19. The Kier molecular flexibility index (Phi) is 3.28. The minimum absolute atomic E-state index is 0.0512. The number of benzene rings is 1. The molecule has 0 amide bonds. The van der Waals surface area contributed by atoms with Gasteiger partial charge in [0.25, 0.3) is 5.69 Å². The highest BCUT2D eigenvalue weighted by atomic mass is 16.6. The summed E-state index contributed by atoms with van der Waals surface area (Å²) in [6, 6.07) is 8.36. The number of nitro groups is 1. The molecule has 0 atom stereocenters. The Morgan fingerprint density at radius 2 is 1.87 bits per heavy atom. The van der Waals surface area contributed by atoms with Gasteiger partial charge in [-0.2, -0.15) is 5.10 Å². The molecule has 7 heteroatoms. The molecular weight excluding hydrogens is 294 g/mol. The number of H-pyrrole nitrogens is 1. The van der Waals surface area contributed by atoms with Crippen molar-refractivity contribution in [2.75, 3.05) is 5.73 Å². The number of nitrogens with zero attached hydrogens (tertiary/aromatic N) is 3. The maximum Gasteiger partial charge on any atom is 0.269 e. The van der Waals surface area contributed by atoms with Crippen LogP contribution in [0.5, 0.6) is 0 Å². The highest BCUT2D eigenvalue weighted by Gasteiger charge is 2.21. The fraction of sp³-hybridized carbons (Fsp3) is 0.250. The normalized spacial score (nSPS) is 11.8. The molecule has 0 spiro atoms. The Hall–Kier alpha value is -2.96. The molecule has 0 fully saturated rings. The smallest absolute Gasteiger partial charge is 0.269 e. The van der Waals surface area contributed by atoms with E-state index in [-0.39, 0.29) is 11.1 Å². The van der Waals surface area contributed by atoms with Crippen molar-refractivity contribution in [1.82, 2.24) is 15.2 Å². The molecule has 23 heavy (non-hydrogen) atoms. The molecule has 0 aliphatic heterocycles. The maximum absolute atomic E-state index is 10.8. The molecule has 3 N–H and O–H groups in total. The molecule has 2 heterocycles. The van der Waals surface area contributed by atoms with Gasteiger partial charge in [0.1, 0.15) is 5.82 Å². The zero-order valence-corrected chi connectivity index (χ0v) is 13.1. The number of non-ortho nitro benzene ring substituents is 1. The van der Waals surface area contributed by atoms with Gasteiger partial charge in [-0.05, 0) is 29.3 Å². The number of nitro benzene ring substituents is 1. The first-order valence-corrected chi connectivity index (χ1v) is 7.17. The van der Waals surface area contributed by atoms with Crippen LogP contribution in [0.1, 0.15) is 26.5 Å². The number of hydrogen-bond acceptors (Lipinski definition) is 5. The van der Waals surface area contributed by atoms with E-state index in [0.29, 0.717) is 11.5 Å². The first-order chi connectivity index (χ1) is 10.8. The summed E-state index contributed by atoms with van der Waals surface area (Å²) < 4.78 is 0. The first-order valence-electron chi connectivity index (χ1n) is 7.17. The average Bonchev–Trinajstić information content (AvgIpc) is 2.87. The molecule has 0 unspecified atom stereocenters. The van der Waals surface area contributed by atoms with E-state index in [4.69, 9.17) is 5.73 Å². The van der Waals surface area contributed by atoms with Gasteiger partial charge in [-0.15, -0.1) is 0 Å². The summed E-state index contributed by atoms with van der Waals surface area (Å²) in [7, 11) is 0. The second-order valence-electron chi connectivity index (χ2n) is 6.44. The molecule has 0 aliphatic rings. The second kappa shape index (κ2) is 5.05. The van der Waals surface area contributed by atoms with Crippen LogP contribution in [-0.2, 0) is 5.41 Å². The van der Waals surface area contributed by atoms with Crippen LogP contribution in [-0.4, -0.2) is 20.1 Å². The first kappa shape index (κ1) is 15.0. The third kappa shape index (κ3) is 2.61. The van der Waals surface area contributed by atoms with E-state index in [9.17, 15) is 10.1 Å². The van der Waals surface area contributed by atoms with Gasteiger partial charge < -0.3 is 5.73 Å². The third-order valence-corrected chi connectivity index (χ3v) is 3.71. The van der Waals surface area contributed by atoms with E-state index in [1.54, 1.807) is 12.1 Å². The molecule has 2 aromatic heterocycles. The van der Waals surface area contributed by atoms with Gasteiger partial charge in [0, 0.05) is 23.2 Å². The van der Waals surface area contributed by atoms with Gasteiger partial charge >= 0.3 is 0 Å². The highest BCUT2D eigenvalue weighted by molar-refractivity contribution is 6.00. The van der Waals surface area contributed by atoms with Crippen LogP contribution >= 0.6 is 0 Å². The van der Waals surface area contributed by atoms with Crippen molar-refractivity contribution >= 4 is 22.5 Å². The third-order valence-electron chi connectivity index (χ3n) is 3.71. The summed E-state index contributed by atoms with van der Waals surface area (Å²) >= 11 is 0. The fourth-order valence-corrected chi connectivity index (χ4v) is 2.42. The summed E-state index contributed by atoms with van der Waals surface area (Å²) in [4.78, 5) is 15.0. The molecule has 1 aromatic carbocycles. The lowest BCUT2D eigenvalue weighted by molar-refractivity contribution is -0.384. The van der Waals surface area contributed by atoms with Gasteiger partial charge in [-0.25, -0.2) is 4.98 Å². The number of nitrogen functional groups attached to an aromatic ring is 1. The summed E-state index contributed by atoms with van der Waals surface area (Å²) in [5.41, 5.74) is 9.00. The Morgan fingerprint density at radius 3 is 2.43 bits per heavy atom. The number of aromatic nitrogens is 3. The van der Waals surface area contributed by atoms with E-state index in [1.807, 2.05) is 6.07 Å². The highest BCUT2D eigenvalue weighted by Crippen LogP contribution is 2.34. The van der Waals surface area contributed by atoms with Crippen molar-refractivity contribution in [3.8, 4) is 11.1 Å². The monoisotopic (exact) mass is 311 g/mol. The Balaban J connectivity index is 2.26. The zero-order valence-electron chi connectivity index (χ0n) is 13.1. The molecule has 0 aliphatic carbocycles. The lowest BCUT2D eigenvalue weighted by Crippen LogP contribution is -2.13. The average molecular weight is 311 g/mol. The van der Waals surface area contributed by atoms with E-state index < -0.39 is 4.92 Å². The standard InChI is InChI=1S/C16H17N5O2/c1-16(2,3)12-8-11(13-14(17)19-20-15(13)18-12)9-4-6-10(7-5-9)21(22)23/h4-8H,1-3H3,(H3,17,18,19,20). The van der Waals surface area contributed by atoms with Gasteiger partial charge in [-0.1, -0.05) is 20.8 Å². The van der Waals surface area contributed by atoms with Crippen LogP contribution in [0.25, 0.3) is 22.2 Å². The number of anilines is 1. The number of fused-ring (bicyclic) bond motifs is 1. The van der Waals surface area contributed by atoms with Crippen LogP contribution in [0.2, 0.25) is 0 Å². The molecule has 7 nitrogen and oxygen atoms in total. The predicted octanol–water partition coefficient (Wildman–Crippen LogP) is 3.41. The van der Waals surface area contributed by atoms with Crippen molar-refractivity contribution in [3.63, 3.8) is 0 Å². The SMILES string of the molecule is CC(C)(C)c1cc(-c2ccc([N+](=O)[O-])cc2)c2c(N)[nH]nc2n1. The summed E-state index contributed by atoms with van der Waals surface area (Å²) in [5.74, 6) is 0.432. The fourth-order valence-electron chi connectivity index (χ4n) is 2.42. The topological polar surface area (TPSA) is 111 Å². The van der Waals surface area contributed by atoms with Crippen molar-refractivity contribution in [3.05, 3.63) is 46.1 Å². The van der Waals surface area contributed by atoms with Crippen LogP contribution in [0.15, 0.2) is 30.3 Å². The van der Waals surface area contributed by atoms with Crippen LogP contribution in [0.4, 0.5) is 11.5 Å². The van der Waals surface area contributed by atoms with E-state index in [0.717, 1.165) is 22.2 Å².